The molecule has 1 amide bonds. The number of allylic oxidation sites excluding steroid dienone is 4. The largest absolute Gasteiger partial charge is 0.448 e. The van der Waals surface area contributed by atoms with E-state index in [9.17, 15) is 14.0 Å². The summed E-state index contributed by atoms with van der Waals surface area (Å²) in [5, 5.41) is 3.52. The normalized spacial score (nSPS) is 26.9. The number of carbonyl (C=O) groups excluding carboxylic acids is 2. The van der Waals surface area contributed by atoms with Gasteiger partial charge in [0.2, 0.25) is 0 Å². The standard InChI is InChI=1S/C26H25FN2O3/c1-26(20-7-9-21(27)10-8-20)16-19-15-18(3-2-4-23(19)28-26)24(30)17-5-11-22(12-6-17)29-13-14-32-25(29)31/h3-5,7-10,15,22,28H,6,11-14,16H2,1H3/t22-,26-/m1/s1. The van der Waals surface area contributed by atoms with E-state index in [0.29, 0.717) is 38.0 Å². The number of Topliss-reactive ketones (excluding diaryl/α,β-unsaturated/α-hetero) is 1. The third-order valence-corrected chi connectivity index (χ3v) is 6.75. The molecule has 1 aromatic rings. The van der Waals surface area contributed by atoms with Gasteiger partial charge in [0.1, 0.15) is 12.4 Å². The van der Waals surface area contributed by atoms with Crippen LogP contribution in [-0.4, -0.2) is 36.0 Å². The molecule has 32 heavy (non-hydrogen) atoms. The van der Waals surface area contributed by atoms with Crippen molar-refractivity contribution in [3.63, 3.8) is 0 Å². The Hall–Kier alpha value is -3.37. The Morgan fingerprint density at radius 3 is 2.78 bits per heavy atom. The molecule has 2 atom stereocenters. The van der Waals surface area contributed by atoms with Crippen molar-refractivity contribution in [2.24, 2.45) is 0 Å². The molecule has 0 bridgehead atoms. The van der Waals surface area contributed by atoms with Crippen LogP contribution in [0.15, 0.2) is 76.7 Å². The van der Waals surface area contributed by atoms with Gasteiger partial charge in [0.05, 0.1) is 12.1 Å². The van der Waals surface area contributed by atoms with Gasteiger partial charge in [-0.15, -0.1) is 5.73 Å². The second kappa shape index (κ2) is 7.95. The number of halogens is 1. The molecule has 5 rings (SSSR count). The maximum atomic E-state index is 13.4. The molecule has 0 radical (unpaired) electrons. The second-order valence-electron chi connectivity index (χ2n) is 8.93. The molecule has 1 saturated heterocycles. The zero-order chi connectivity index (χ0) is 22.3. The number of rotatable bonds is 4. The van der Waals surface area contributed by atoms with Gasteiger partial charge in [-0.3, -0.25) is 4.79 Å². The van der Waals surface area contributed by atoms with Crippen LogP contribution in [0.3, 0.4) is 0 Å². The van der Waals surface area contributed by atoms with Crippen molar-refractivity contribution < 1.29 is 18.7 Å². The molecule has 1 N–H and O–H groups in total. The number of nitrogens with zero attached hydrogens (tertiary/aromatic N) is 1. The summed E-state index contributed by atoms with van der Waals surface area (Å²) in [6, 6.07) is 6.63. The summed E-state index contributed by atoms with van der Waals surface area (Å²) in [5.74, 6) is -0.248. The molecule has 0 unspecified atom stereocenters. The van der Waals surface area contributed by atoms with E-state index in [0.717, 1.165) is 28.8 Å². The molecule has 2 heterocycles. The predicted molar refractivity (Wildman–Crippen MR) is 118 cm³/mol. The lowest BCUT2D eigenvalue weighted by atomic mass is 9.86. The summed E-state index contributed by atoms with van der Waals surface area (Å²) in [6.45, 7) is 3.14. The quantitative estimate of drug-likeness (QED) is 0.715. The fraction of sp³-hybridized carbons (Fsp3) is 0.346. The molecule has 1 fully saturated rings. The van der Waals surface area contributed by atoms with Gasteiger partial charge < -0.3 is 15.0 Å². The predicted octanol–water partition coefficient (Wildman–Crippen LogP) is 4.44. The van der Waals surface area contributed by atoms with Crippen LogP contribution in [0.5, 0.6) is 0 Å². The molecule has 0 aromatic heterocycles. The van der Waals surface area contributed by atoms with Gasteiger partial charge in [-0.1, -0.05) is 18.2 Å². The lowest BCUT2D eigenvalue weighted by Crippen LogP contribution is -2.37. The van der Waals surface area contributed by atoms with E-state index in [4.69, 9.17) is 4.74 Å². The third-order valence-electron chi connectivity index (χ3n) is 6.75. The summed E-state index contributed by atoms with van der Waals surface area (Å²) < 4.78 is 18.4. The number of hydrogen-bond donors (Lipinski definition) is 1. The SMILES string of the molecule is C[C@]1(c2ccc(F)cc2)CC2=C(C=C=CC(C(=O)C3=CC[C@@H](N4CCOC4=O)CC3)=C2)N1. The van der Waals surface area contributed by atoms with Crippen molar-refractivity contribution in [1.29, 1.82) is 0 Å². The van der Waals surface area contributed by atoms with Gasteiger partial charge in [0, 0.05) is 29.8 Å². The molecule has 4 aliphatic rings. The summed E-state index contributed by atoms with van der Waals surface area (Å²) in [4.78, 5) is 26.8. The van der Waals surface area contributed by atoms with Crippen molar-refractivity contribution in [2.45, 2.75) is 44.2 Å². The summed E-state index contributed by atoms with van der Waals surface area (Å²) in [5.41, 5.74) is 7.12. The first-order valence-corrected chi connectivity index (χ1v) is 11.0. The van der Waals surface area contributed by atoms with Gasteiger partial charge in [0.25, 0.3) is 0 Å². The number of carbonyl (C=O) groups is 2. The zero-order valence-corrected chi connectivity index (χ0v) is 18.0. The maximum Gasteiger partial charge on any atom is 0.410 e. The minimum Gasteiger partial charge on any atom is -0.448 e. The Bertz CT molecular complexity index is 1140. The Morgan fingerprint density at radius 1 is 1.28 bits per heavy atom. The minimum atomic E-state index is -0.375. The first-order valence-electron chi connectivity index (χ1n) is 11.0. The van der Waals surface area contributed by atoms with Gasteiger partial charge in [-0.05, 0) is 67.2 Å². The first kappa shape index (κ1) is 20.5. The van der Waals surface area contributed by atoms with Gasteiger partial charge in [0.15, 0.2) is 5.78 Å². The van der Waals surface area contributed by atoms with Crippen molar-refractivity contribution in [1.82, 2.24) is 10.2 Å². The van der Waals surface area contributed by atoms with E-state index in [1.54, 1.807) is 23.1 Å². The van der Waals surface area contributed by atoms with Gasteiger partial charge in [-0.25, -0.2) is 9.18 Å². The maximum absolute atomic E-state index is 13.4. The van der Waals surface area contributed by atoms with Crippen LogP contribution < -0.4 is 5.32 Å². The summed E-state index contributed by atoms with van der Waals surface area (Å²) in [7, 11) is 0. The van der Waals surface area contributed by atoms with E-state index >= 15 is 0 Å². The highest BCUT2D eigenvalue weighted by atomic mass is 19.1. The molecule has 2 aliphatic carbocycles. The fourth-order valence-corrected chi connectivity index (χ4v) is 4.95. The van der Waals surface area contributed by atoms with Crippen LogP contribution in [0, 0.1) is 5.82 Å². The Kier molecular flexibility index (Phi) is 5.10. The zero-order valence-electron chi connectivity index (χ0n) is 18.0. The fourth-order valence-electron chi connectivity index (χ4n) is 4.95. The van der Waals surface area contributed by atoms with Crippen LogP contribution in [0.4, 0.5) is 9.18 Å². The molecule has 0 saturated carbocycles. The number of ketones is 1. The third kappa shape index (κ3) is 3.71. The van der Waals surface area contributed by atoms with E-state index < -0.39 is 0 Å². The van der Waals surface area contributed by atoms with E-state index in [2.05, 4.69) is 18.0 Å². The number of ether oxygens (including phenoxy) is 1. The highest BCUT2D eigenvalue weighted by molar-refractivity contribution is 6.10. The molecular formula is C26H25FN2O3. The number of amides is 1. The van der Waals surface area contributed by atoms with Crippen molar-refractivity contribution >= 4 is 11.9 Å². The number of benzene rings is 1. The first-order chi connectivity index (χ1) is 15.4. The van der Waals surface area contributed by atoms with E-state index in [-0.39, 0.29) is 29.3 Å². The van der Waals surface area contributed by atoms with Gasteiger partial charge >= 0.3 is 6.09 Å². The second-order valence-corrected chi connectivity index (χ2v) is 8.93. The van der Waals surface area contributed by atoms with Crippen LogP contribution in [-0.2, 0) is 15.1 Å². The minimum absolute atomic E-state index is 0.0116. The lowest BCUT2D eigenvalue weighted by Gasteiger charge is -2.28. The summed E-state index contributed by atoms with van der Waals surface area (Å²) >= 11 is 0. The summed E-state index contributed by atoms with van der Waals surface area (Å²) in [6.07, 6.45) is 10.0. The molecule has 6 heteroatoms. The van der Waals surface area contributed by atoms with Crippen molar-refractivity contribution in [3.8, 4) is 0 Å². The number of cyclic esters (lactones) is 1. The van der Waals surface area contributed by atoms with Crippen LogP contribution >= 0.6 is 0 Å². The molecule has 2 aliphatic heterocycles. The van der Waals surface area contributed by atoms with Gasteiger partial charge in [-0.2, -0.15) is 0 Å². The Labute approximate surface area is 186 Å². The Balaban J connectivity index is 1.33. The number of hydrogen-bond acceptors (Lipinski definition) is 4. The molecule has 164 valence electrons. The lowest BCUT2D eigenvalue weighted by molar-refractivity contribution is -0.112. The van der Waals surface area contributed by atoms with E-state index in [1.807, 2.05) is 18.2 Å². The number of nitrogens with one attached hydrogen (secondary N) is 1. The topological polar surface area (TPSA) is 58.6 Å². The van der Waals surface area contributed by atoms with Crippen LogP contribution in [0.1, 0.15) is 38.2 Å². The molecule has 5 nitrogen and oxygen atoms in total. The highest BCUT2D eigenvalue weighted by Gasteiger charge is 2.35. The van der Waals surface area contributed by atoms with Crippen molar-refractivity contribution in [2.75, 3.05) is 13.2 Å². The highest BCUT2D eigenvalue weighted by Crippen LogP contribution is 2.38. The Morgan fingerprint density at radius 2 is 2.09 bits per heavy atom. The molecular weight excluding hydrogens is 407 g/mol. The monoisotopic (exact) mass is 432 g/mol. The van der Waals surface area contributed by atoms with Crippen molar-refractivity contribution in [3.05, 3.63) is 88.1 Å². The average molecular weight is 432 g/mol. The van der Waals surface area contributed by atoms with E-state index in [1.165, 1.54) is 12.1 Å². The molecule has 1 aromatic carbocycles. The average Bonchev–Trinajstić information content (AvgIpc) is 3.30. The van der Waals surface area contributed by atoms with Crippen LogP contribution in [0.2, 0.25) is 0 Å². The van der Waals surface area contributed by atoms with Crippen LogP contribution in [0.25, 0.3) is 0 Å². The smallest absolute Gasteiger partial charge is 0.410 e. The molecule has 0 spiro atoms.